The van der Waals surface area contributed by atoms with Gasteiger partial charge in [0.25, 0.3) is 5.91 Å². The first-order chi connectivity index (χ1) is 11.0. The van der Waals surface area contributed by atoms with Gasteiger partial charge in [0.05, 0.1) is 5.69 Å². The summed E-state index contributed by atoms with van der Waals surface area (Å²) in [6, 6.07) is 9.52. The molecule has 1 aromatic carbocycles. The van der Waals surface area contributed by atoms with Gasteiger partial charge in [-0.1, -0.05) is 19.9 Å². The summed E-state index contributed by atoms with van der Waals surface area (Å²) in [5.74, 6) is 1.15. The van der Waals surface area contributed by atoms with Gasteiger partial charge in [0.2, 0.25) is 0 Å². The Morgan fingerprint density at radius 1 is 1.26 bits per heavy atom. The Balaban J connectivity index is 2.06. The second-order valence-electron chi connectivity index (χ2n) is 5.98. The molecule has 1 aromatic heterocycles. The Kier molecular flexibility index (Phi) is 6.16. The van der Waals surface area contributed by atoms with Gasteiger partial charge in [-0.2, -0.15) is 0 Å². The van der Waals surface area contributed by atoms with Gasteiger partial charge in [0.15, 0.2) is 0 Å². The molecule has 0 saturated heterocycles. The molecule has 0 bridgehead atoms. The van der Waals surface area contributed by atoms with Gasteiger partial charge in [-0.3, -0.25) is 4.79 Å². The molecule has 23 heavy (non-hydrogen) atoms. The molecule has 122 valence electrons. The van der Waals surface area contributed by atoms with Crippen molar-refractivity contribution in [3.63, 3.8) is 0 Å². The van der Waals surface area contributed by atoms with Crippen molar-refractivity contribution in [3.05, 3.63) is 52.1 Å². The molecular weight excluding hydrogens is 354 g/mol. The van der Waals surface area contributed by atoms with Gasteiger partial charge < -0.3 is 10.6 Å². The van der Waals surface area contributed by atoms with Crippen LogP contribution in [0.3, 0.4) is 0 Å². The lowest BCUT2D eigenvalue weighted by Gasteiger charge is -2.10. The molecule has 0 radical (unpaired) electrons. The number of carbonyl (C=O) groups is 1. The quantitative estimate of drug-likeness (QED) is 0.770. The highest BCUT2D eigenvalue weighted by molar-refractivity contribution is 9.10. The van der Waals surface area contributed by atoms with Crippen LogP contribution >= 0.6 is 15.9 Å². The van der Waals surface area contributed by atoms with Gasteiger partial charge in [-0.15, -0.1) is 0 Å². The zero-order valence-electron chi connectivity index (χ0n) is 13.7. The molecular formula is C18H22BrN3O. The predicted molar refractivity (Wildman–Crippen MR) is 98.2 cm³/mol. The Bertz CT molecular complexity index is 686. The topological polar surface area (TPSA) is 54.0 Å². The molecule has 5 heteroatoms. The monoisotopic (exact) mass is 375 g/mol. The van der Waals surface area contributed by atoms with Gasteiger partial charge in [0.1, 0.15) is 5.82 Å². The number of anilines is 2. The largest absolute Gasteiger partial charge is 0.352 e. The number of hydrogen-bond acceptors (Lipinski definition) is 3. The molecule has 2 aromatic rings. The maximum atomic E-state index is 12.2. The number of benzene rings is 1. The van der Waals surface area contributed by atoms with Crippen molar-refractivity contribution in [2.45, 2.75) is 27.2 Å². The summed E-state index contributed by atoms with van der Waals surface area (Å²) in [4.78, 5) is 16.4. The van der Waals surface area contributed by atoms with E-state index in [4.69, 9.17) is 0 Å². The normalized spacial score (nSPS) is 10.7. The minimum atomic E-state index is -0.0703. The average molecular weight is 376 g/mol. The molecule has 0 saturated carbocycles. The summed E-state index contributed by atoms with van der Waals surface area (Å²) >= 11 is 3.53. The molecule has 0 unspecified atom stereocenters. The van der Waals surface area contributed by atoms with Crippen LogP contribution in [0, 0.1) is 12.8 Å². The van der Waals surface area contributed by atoms with Crippen molar-refractivity contribution in [2.75, 3.05) is 11.9 Å². The summed E-state index contributed by atoms with van der Waals surface area (Å²) in [5.41, 5.74) is 2.70. The smallest absolute Gasteiger partial charge is 0.251 e. The first-order valence-electron chi connectivity index (χ1n) is 7.73. The van der Waals surface area contributed by atoms with E-state index >= 15 is 0 Å². The second kappa shape index (κ2) is 8.11. The first-order valence-corrected chi connectivity index (χ1v) is 8.52. The lowest BCUT2D eigenvalue weighted by molar-refractivity contribution is 0.0952. The van der Waals surface area contributed by atoms with Crippen molar-refractivity contribution in [2.24, 2.45) is 5.92 Å². The van der Waals surface area contributed by atoms with E-state index in [-0.39, 0.29) is 5.91 Å². The zero-order chi connectivity index (χ0) is 16.8. The third kappa shape index (κ3) is 5.36. The Labute approximate surface area is 145 Å². The van der Waals surface area contributed by atoms with Crippen molar-refractivity contribution in [1.29, 1.82) is 0 Å². The number of halogens is 1. The van der Waals surface area contributed by atoms with E-state index in [0.717, 1.165) is 16.6 Å². The number of amides is 1. The first kappa shape index (κ1) is 17.5. The van der Waals surface area contributed by atoms with Crippen molar-refractivity contribution >= 4 is 33.3 Å². The number of nitrogens with zero attached hydrogens (tertiary/aromatic N) is 1. The van der Waals surface area contributed by atoms with Crippen molar-refractivity contribution < 1.29 is 4.79 Å². The lowest BCUT2D eigenvalue weighted by Crippen LogP contribution is -2.25. The number of nitrogens with one attached hydrogen (secondary N) is 2. The number of carbonyl (C=O) groups excluding carboxylic acids is 1. The molecule has 0 aliphatic heterocycles. The van der Waals surface area contributed by atoms with Gasteiger partial charge in [-0.05, 0) is 65.0 Å². The highest BCUT2D eigenvalue weighted by Crippen LogP contribution is 2.26. The molecule has 2 N–H and O–H groups in total. The van der Waals surface area contributed by atoms with Crippen LogP contribution in [0.5, 0.6) is 0 Å². The molecule has 0 spiro atoms. The third-order valence-electron chi connectivity index (χ3n) is 3.42. The number of rotatable bonds is 6. The maximum absolute atomic E-state index is 12.2. The number of aromatic nitrogens is 1. The van der Waals surface area contributed by atoms with Crippen molar-refractivity contribution in [1.82, 2.24) is 10.3 Å². The fraction of sp³-hybridized carbons (Fsp3) is 0.333. The molecule has 0 atom stereocenters. The van der Waals surface area contributed by atoms with E-state index in [0.29, 0.717) is 23.8 Å². The van der Waals surface area contributed by atoms with Crippen molar-refractivity contribution in [3.8, 4) is 0 Å². The zero-order valence-corrected chi connectivity index (χ0v) is 15.3. The van der Waals surface area contributed by atoms with Crippen LogP contribution in [0.4, 0.5) is 11.5 Å². The second-order valence-corrected chi connectivity index (χ2v) is 6.83. The van der Waals surface area contributed by atoms with E-state index in [1.807, 2.05) is 25.1 Å². The predicted octanol–water partition coefficient (Wildman–Crippen LogP) is 4.67. The van der Waals surface area contributed by atoms with Crippen LogP contribution in [-0.2, 0) is 0 Å². The fourth-order valence-corrected chi connectivity index (χ4v) is 2.67. The van der Waals surface area contributed by atoms with E-state index in [1.165, 1.54) is 5.56 Å². The third-order valence-corrected chi connectivity index (χ3v) is 4.07. The van der Waals surface area contributed by atoms with Crippen LogP contribution in [0.25, 0.3) is 0 Å². The summed E-state index contributed by atoms with van der Waals surface area (Å²) in [7, 11) is 0. The molecule has 1 heterocycles. The molecule has 0 aliphatic rings. The van der Waals surface area contributed by atoms with Crippen LogP contribution in [0.1, 0.15) is 36.2 Å². The highest BCUT2D eigenvalue weighted by atomic mass is 79.9. The summed E-state index contributed by atoms with van der Waals surface area (Å²) in [6.07, 6.45) is 2.61. The van der Waals surface area contributed by atoms with E-state index < -0.39 is 0 Å². The Hall–Kier alpha value is -1.88. The van der Waals surface area contributed by atoms with Crippen LogP contribution < -0.4 is 10.6 Å². The lowest BCUT2D eigenvalue weighted by atomic mass is 10.1. The average Bonchev–Trinajstić information content (AvgIpc) is 2.50. The molecule has 2 rings (SSSR count). The number of aryl methyl sites for hydroxylation is 1. The van der Waals surface area contributed by atoms with Crippen LogP contribution in [-0.4, -0.2) is 17.4 Å². The van der Waals surface area contributed by atoms with Crippen LogP contribution in [0.15, 0.2) is 41.0 Å². The van der Waals surface area contributed by atoms with E-state index in [2.05, 4.69) is 45.4 Å². The van der Waals surface area contributed by atoms with Gasteiger partial charge in [-0.25, -0.2) is 4.98 Å². The fourth-order valence-electron chi connectivity index (χ4n) is 2.08. The number of pyridine rings is 1. The van der Waals surface area contributed by atoms with Gasteiger partial charge in [0, 0.05) is 22.8 Å². The maximum Gasteiger partial charge on any atom is 0.251 e. The summed E-state index contributed by atoms with van der Waals surface area (Å²) in [5, 5.41) is 6.17. The molecule has 0 aliphatic carbocycles. The molecule has 1 amide bonds. The van der Waals surface area contributed by atoms with Gasteiger partial charge >= 0.3 is 0 Å². The summed E-state index contributed by atoms with van der Waals surface area (Å²) < 4.78 is 0.964. The van der Waals surface area contributed by atoms with E-state index in [9.17, 15) is 4.79 Å². The summed E-state index contributed by atoms with van der Waals surface area (Å²) in [6.45, 7) is 7.00. The molecule has 0 fully saturated rings. The Morgan fingerprint density at radius 2 is 2.04 bits per heavy atom. The van der Waals surface area contributed by atoms with Crippen LogP contribution in [0.2, 0.25) is 0 Å². The van der Waals surface area contributed by atoms with E-state index in [1.54, 1.807) is 18.3 Å². The standard InChI is InChI=1S/C18H22BrN3O/c1-12(2)6-8-21-18(23)14-7-9-20-17(11-14)22-16-5-4-13(3)10-15(16)19/h4-5,7,9-12H,6,8H2,1-3H3,(H,20,22)(H,21,23). The number of hydrogen-bond donors (Lipinski definition) is 2. The highest BCUT2D eigenvalue weighted by Gasteiger charge is 2.08. The SMILES string of the molecule is Cc1ccc(Nc2cc(C(=O)NCCC(C)C)ccn2)c(Br)c1. The molecule has 4 nitrogen and oxygen atoms in total. The minimum Gasteiger partial charge on any atom is -0.352 e. The minimum absolute atomic E-state index is 0.0703. The Morgan fingerprint density at radius 3 is 2.74 bits per heavy atom.